The Morgan fingerprint density at radius 3 is 2.47 bits per heavy atom. The zero-order valence-electron chi connectivity index (χ0n) is 9.94. The number of carboxylic acid groups (broad SMARTS) is 1. The van der Waals surface area contributed by atoms with Crippen molar-refractivity contribution in [3.63, 3.8) is 0 Å². The number of carbonyl (C=O) groups is 3. The van der Waals surface area contributed by atoms with Gasteiger partial charge in [-0.2, -0.15) is 0 Å². The number of rotatable bonds is 4. The molecule has 0 bridgehead atoms. The number of nitrogens with one attached hydrogen (secondary N) is 2. The summed E-state index contributed by atoms with van der Waals surface area (Å²) in [5, 5.41) is 13.6. The first-order valence-corrected chi connectivity index (χ1v) is 5.55. The van der Waals surface area contributed by atoms with Crippen molar-refractivity contribution in [2.75, 3.05) is 10.6 Å². The lowest BCUT2D eigenvalue weighted by Gasteiger charge is -2.08. The number of hydrogen-bond donors (Lipinski definition) is 3. The Hall–Kier alpha value is -2.34. The van der Waals surface area contributed by atoms with E-state index in [9.17, 15) is 14.4 Å². The Kier molecular flexibility index (Phi) is 5.08. The van der Waals surface area contributed by atoms with Crippen molar-refractivity contribution >= 4 is 40.8 Å². The molecule has 1 rings (SSSR count). The second kappa shape index (κ2) is 6.55. The Bertz CT molecular complexity index is 555. The fourth-order valence-corrected chi connectivity index (χ4v) is 1.38. The second-order valence-electron chi connectivity index (χ2n) is 3.54. The molecule has 3 N–H and O–H groups in total. The molecular weight excluding hydrogens is 272 g/mol. The molecule has 0 heterocycles. The molecule has 0 saturated carbocycles. The van der Waals surface area contributed by atoms with E-state index in [1.54, 1.807) is 0 Å². The van der Waals surface area contributed by atoms with Crippen LogP contribution in [-0.2, 0) is 14.4 Å². The van der Waals surface area contributed by atoms with Crippen LogP contribution in [0.1, 0.15) is 6.92 Å². The number of hydrogen-bond acceptors (Lipinski definition) is 3. The van der Waals surface area contributed by atoms with Gasteiger partial charge >= 0.3 is 5.97 Å². The van der Waals surface area contributed by atoms with Crippen LogP contribution < -0.4 is 10.6 Å². The van der Waals surface area contributed by atoms with Crippen molar-refractivity contribution in [1.82, 2.24) is 0 Å². The van der Waals surface area contributed by atoms with E-state index in [0.29, 0.717) is 16.4 Å². The minimum Gasteiger partial charge on any atom is -0.478 e. The molecule has 100 valence electrons. The van der Waals surface area contributed by atoms with Gasteiger partial charge in [-0.05, 0) is 18.2 Å². The van der Waals surface area contributed by atoms with Gasteiger partial charge in [0.1, 0.15) is 0 Å². The molecule has 0 spiro atoms. The lowest BCUT2D eigenvalue weighted by atomic mass is 10.2. The number of benzene rings is 1. The summed E-state index contributed by atoms with van der Waals surface area (Å²) in [6.07, 6.45) is 1.61. The maximum absolute atomic E-state index is 11.4. The molecule has 0 aliphatic rings. The average Bonchev–Trinajstić information content (AvgIpc) is 2.30. The van der Waals surface area contributed by atoms with Gasteiger partial charge in [0.25, 0.3) is 0 Å². The fourth-order valence-electron chi connectivity index (χ4n) is 1.22. The summed E-state index contributed by atoms with van der Waals surface area (Å²) < 4.78 is 0. The molecule has 0 aliphatic carbocycles. The van der Waals surface area contributed by atoms with Crippen molar-refractivity contribution in [3.05, 3.63) is 35.4 Å². The number of halogens is 1. The van der Waals surface area contributed by atoms with Gasteiger partial charge in [0.15, 0.2) is 0 Å². The number of anilines is 2. The number of carbonyl (C=O) groups excluding carboxylic acids is 2. The standard InChI is InChI=1S/C12H11ClN2O4/c1-7(16)14-10-6-8(2-3-9(10)13)15-11(17)4-5-12(18)19/h2-6H,1H3,(H,14,16)(H,15,17)(H,18,19). The third-order valence-electron chi connectivity index (χ3n) is 1.92. The third kappa shape index (κ3) is 5.22. The van der Waals surface area contributed by atoms with E-state index < -0.39 is 11.9 Å². The van der Waals surface area contributed by atoms with Crippen molar-refractivity contribution in [2.45, 2.75) is 6.92 Å². The van der Waals surface area contributed by atoms with Crippen LogP contribution in [0.15, 0.2) is 30.4 Å². The maximum Gasteiger partial charge on any atom is 0.328 e. The van der Waals surface area contributed by atoms with Crippen LogP contribution in [0, 0.1) is 0 Å². The van der Waals surface area contributed by atoms with Crippen LogP contribution in [0.3, 0.4) is 0 Å². The smallest absolute Gasteiger partial charge is 0.328 e. The molecule has 2 amide bonds. The maximum atomic E-state index is 11.4. The lowest BCUT2D eigenvalue weighted by Crippen LogP contribution is -2.10. The predicted octanol–water partition coefficient (Wildman–Crippen LogP) is 1.88. The predicted molar refractivity (Wildman–Crippen MR) is 71.2 cm³/mol. The Labute approximate surface area is 114 Å². The van der Waals surface area contributed by atoms with Crippen molar-refractivity contribution in [2.24, 2.45) is 0 Å². The normalized spacial score (nSPS) is 10.2. The van der Waals surface area contributed by atoms with Gasteiger partial charge in [0.2, 0.25) is 11.8 Å². The van der Waals surface area contributed by atoms with E-state index in [-0.39, 0.29) is 5.91 Å². The lowest BCUT2D eigenvalue weighted by molar-refractivity contribution is -0.131. The fraction of sp³-hybridized carbons (Fsp3) is 0.0833. The summed E-state index contributed by atoms with van der Waals surface area (Å²) in [5.74, 6) is -2.11. The van der Waals surface area contributed by atoms with Gasteiger partial charge < -0.3 is 15.7 Å². The molecule has 7 heteroatoms. The molecule has 0 aromatic heterocycles. The molecule has 0 radical (unpaired) electrons. The highest BCUT2D eigenvalue weighted by molar-refractivity contribution is 6.33. The van der Waals surface area contributed by atoms with E-state index in [0.717, 1.165) is 12.2 Å². The molecule has 6 nitrogen and oxygen atoms in total. The zero-order valence-corrected chi connectivity index (χ0v) is 10.7. The molecule has 1 aromatic carbocycles. The molecule has 0 aliphatic heterocycles. The highest BCUT2D eigenvalue weighted by Gasteiger charge is 2.05. The molecule has 0 unspecified atom stereocenters. The molecule has 0 saturated heterocycles. The Morgan fingerprint density at radius 1 is 1.21 bits per heavy atom. The molecule has 0 atom stereocenters. The van der Waals surface area contributed by atoms with Crippen molar-refractivity contribution < 1.29 is 19.5 Å². The highest BCUT2D eigenvalue weighted by atomic mass is 35.5. The van der Waals surface area contributed by atoms with E-state index >= 15 is 0 Å². The minimum absolute atomic E-state index is 0.295. The van der Waals surface area contributed by atoms with E-state index in [4.69, 9.17) is 16.7 Å². The topological polar surface area (TPSA) is 95.5 Å². The molecule has 19 heavy (non-hydrogen) atoms. The van der Waals surface area contributed by atoms with Crippen molar-refractivity contribution in [1.29, 1.82) is 0 Å². The summed E-state index contributed by atoms with van der Waals surface area (Å²) in [7, 11) is 0. The van der Waals surface area contributed by atoms with Crippen LogP contribution in [0.5, 0.6) is 0 Å². The van der Waals surface area contributed by atoms with Gasteiger partial charge in [-0.1, -0.05) is 11.6 Å². The van der Waals surface area contributed by atoms with Gasteiger partial charge in [-0.15, -0.1) is 0 Å². The minimum atomic E-state index is -1.22. The molecule has 1 aromatic rings. The molecule has 0 fully saturated rings. The van der Waals surface area contributed by atoms with Gasteiger partial charge in [-0.25, -0.2) is 4.79 Å². The summed E-state index contributed by atoms with van der Waals surface area (Å²) in [6.45, 7) is 1.33. The van der Waals surface area contributed by atoms with Crippen LogP contribution in [-0.4, -0.2) is 22.9 Å². The Morgan fingerprint density at radius 2 is 1.89 bits per heavy atom. The van der Waals surface area contributed by atoms with E-state index in [1.807, 2.05) is 0 Å². The largest absolute Gasteiger partial charge is 0.478 e. The first-order valence-electron chi connectivity index (χ1n) is 5.17. The second-order valence-corrected chi connectivity index (χ2v) is 3.94. The van der Waals surface area contributed by atoms with Crippen LogP contribution >= 0.6 is 11.6 Å². The summed E-state index contributed by atoms with van der Waals surface area (Å²) in [4.78, 5) is 32.5. The average molecular weight is 283 g/mol. The third-order valence-corrected chi connectivity index (χ3v) is 2.25. The van der Waals surface area contributed by atoms with Crippen LogP contribution in [0.4, 0.5) is 11.4 Å². The Balaban J connectivity index is 2.82. The molecular formula is C12H11ClN2O4. The SMILES string of the molecule is CC(=O)Nc1cc(NC(=O)C=CC(=O)O)ccc1Cl. The van der Waals surface area contributed by atoms with Gasteiger partial charge in [-0.3, -0.25) is 9.59 Å². The van der Waals surface area contributed by atoms with Crippen molar-refractivity contribution in [3.8, 4) is 0 Å². The van der Waals surface area contributed by atoms with Crippen LogP contribution in [0.25, 0.3) is 0 Å². The van der Waals surface area contributed by atoms with Gasteiger partial charge in [0, 0.05) is 24.8 Å². The van der Waals surface area contributed by atoms with E-state index in [2.05, 4.69) is 10.6 Å². The highest BCUT2D eigenvalue weighted by Crippen LogP contribution is 2.25. The van der Waals surface area contributed by atoms with Gasteiger partial charge in [0.05, 0.1) is 10.7 Å². The monoisotopic (exact) mass is 282 g/mol. The number of carboxylic acids is 1. The zero-order chi connectivity index (χ0) is 14.4. The summed E-state index contributed by atoms with van der Waals surface area (Å²) in [6, 6.07) is 4.50. The van der Waals surface area contributed by atoms with Crippen LogP contribution in [0.2, 0.25) is 5.02 Å². The van der Waals surface area contributed by atoms with E-state index in [1.165, 1.54) is 25.1 Å². The number of aliphatic carboxylic acids is 1. The quantitative estimate of drug-likeness (QED) is 0.735. The first-order chi connectivity index (χ1) is 8.88. The summed E-state index contributed by atoms with van der Waals surface area (Å²) >= 11 is 5.86. The number of amides is 2. The first kappa shape index (κ1) is 14.7. The summed E-state index contributed by atoms with van der Waals surface area (Å²) in [5.41, 5.74) is 0.738.